The Kier molecular flexibility index (Phi) is 7.89. The Morgan fingerprint density at radius 2 is 1.94 bits per heavy atom. The van der Waals surface area contributed by atoms with Crippen molar-refractivity contribution in [3.8, 4) is 11.9 Å². The number of anilines is 2. The molecule has 1 saturated carbocycles. The summed E-state index contributed by atoms with van der Waals surface area (Å²) in [4.78, 5) is 41.8. The Morgan fingerprint density at radius 1 is 1.14 bits per heavy atom. The molecular formula is C23H33N7O4S. The van der Waals surface area contributed by atoms with Gasteiger partial charge in [0.2, 0.25) is 11.8 Å². The molecule has 11 nitrogen and oxygen atoms in total. The number of hydrogen-bond donors (Lipinski definition) is 3. The number of nitrogens with zero attached hydrogens (tertiary/aromatic N) is 4. The third-order valence-corrected chi connectivity index (χ3v) is 7.18. The molecule has 35 heavy (non-hydrogen) atoms. The van der Waals surface area contributed by atoms with Crippen molar-refractivity contribution in [1.29, 1.82) is 0 Å². The number of thiazole rings is 1. The van der Waals surface area contributed by atoms with Crippen molar-refractivity contribution in [2.75, 3.05) is 31.0 Å². The predicted octanol–water partition coefficient (Wildman–Crippen LogP) is 2.72. The molecule has 0 bridgehead atoms. The van der Waals surface area contributed by atoms with Crippen LogP contribution < -0.4 is 30.3 Å². The number of aromatic nitrogens is 3. The minimum Gasteiger partial charge on any atom is -0.481 e. The Hall–Kier alpha value is -3.15. The van der Waals surface area contributed by atoms with Gasteiger partial charge < -0.3 is 25.0 Å². The lowest BCUT2D eigenvalue weighted by molar-refractivity contribution is -0.127. The zero-order valence-electron chi connectivity index (χ0n) is 20.6. The minimum absolute atomic E-state index is 0.00721. The van der Waals surface area contributed by atoms with Crippen LogP contribution in [-0.2, 0) is 17.8 Å². The van der Waals surface area contributed by atoms with Gasteiger partial charge in [0, 0.05) is 36.0 Å². The molecule has 1 aliphatic carbocycles. The standard InChI is InChI=1S/C23H33N7O4S/c1-13(2)24-20(31)14-7-5-6-8-15(14)25-21(32)29-23-26-16-9-10-30(12-17(16)35-23)18-11-19(33-3)28-22(27-18)34-4/h11,13-15H,5-10,12H2,1-4H3,(H,24,31)(H2,25,26,29,32)/t14-,15-/m0/s1. The molecule has 0 aromatic carbocycles. The lowest BCUT2D eigenvalue weighted by atomic mass is 9.83. The fourth-order valence-electron chi connectivity index (χ4n) is 4.51. The fraction of sp³-hybridized carbons (Fsp3) is 0.609. The maximum atomic E-state index is 12.8. The molecule has 0 unspecified atom stereocenters. The first-order chi connectivity index (χ1) is 16.9. The Bertz CT molecular complexity index is 1040. The highest BCUT2D eigenvalue weighted by molar-refractivity contribution is 7.15. The highest BCUT2D eigenvalue weighted by Gasteiger charge is 2.32. The van der Waals surface area contributed by atoms with E-state index in [-0.39, 0.29) is 36.0 Å². The Morgan fingerprint density at radius 3 is 2.69 bits per heavy atom. The number of fused-ring (bicyclic) bond motifs is 1. The number of amides is 3. The number of carbonyl (C=O) groups excluding carboxylic acids is 2. The van der Waals surface area contributed by atoms with E-state index in [1.54, 1.807) is 13.2 Å². The van der Waals surface area contributed by atoms with Gasteiger partial charge in [0.05, 0.1) is 32.4 Å². The summed E-state index contributed by atoms with van der Waals surface area (Å²) in [6.45, 7) is 5.22. The molecule has 2 aromatic rings. The number of methoxy groups -OCH3 is 2. The van der Waals surface area contributed by atoms with Crippen LogP contribution in [0.5, 0.6) is 11.9 Å². The van der Waals surface area contributed by atoms with E-state index in [1.165, 1.54) is 18.4 Å². The average molecular weight is 504 g/mol. The maximum absolute atomic E-state index is 12.8. The van der Waals surface area contributed by atoms with Gasteiger partial charge in [-0.25, -0.2) is 9.78 Å². The topological polar surface area (TPSA) is 131 Å². The summed E-state index contributed by atoms with van der Waals surface area (Å²) < 4.78 is 10.5. The highest BCUT2D eigenvalue weighted by atomic mass is 32.1. The molecule has 2 atom stereocenters. The van der Waals surface area contributed by atoms with Crippen LogP contribution >= 0.6 is 11.3 Å². The molecule has 190 valence electrons. The van der Waals surface area contributed by atoms with Crippen LogP contribution in [0.15, 0.2) is 6.07 Å². The quantitative estimate of drug-likeness (QED) is 0.526. The van der Waals surface area contributed by atoms with Crippen molar-refractivity contribution < 1.29 is 19.1 Å². The van der Waals surface area contributed by atoms with Gasteiger partial charge in [0.1, 0.15) is 5.82 Å². The molecule has 12 heteroatoms. The van der Waals surface area contributed by atoms with E-state index in [4.69, 9.17) is 9.47 Å². The summed E-state index contributed by atoms with van der Waals surface area (Å²) in [6, 6.07) is 1.58. The lowest BCUT2D eigenvalue weighted by Gasteiger charge is -2.31. The second kappa shape index (κ2) is 11.1. The Balaban J connectivity index is 1.39. The third-order valence-electron chi connectivity index (χ3n) is 6.19. The summed E-state index contributed by atoms with van der Waals surface area (Å²) in [5, 5.41) is 9.42. The second-order valence-corrected chi connectivity index (χ2v) is 10.2. The van der Waals surface area contributed by atoms with Gasteiger partial charge in [-0.1, -0.05) is 24.2 Å². The first-order valence-corrected chi connectivity index (χ1v) is 12.8. The van der Waals surface area contributed by atoms with Crippen LogP contribution in [-0.4, -0.2) is 59.7 Å². The molecule has 2 aliphatic rings. The van der Waals surface area contributed by atoms with Gasteiger partial charge in [0.15, 0.2) is 5.13 Å². The van der Waals surface area contributed by atoms with Crippen molar-refractivity contribution >= 4 is 34.2 Å². The summed E-state index contributed by atoms with van der Waals surface area (Å²) >= 11 is 1.45. The number of nitrogens with one attached hydrogen (secondary N) is 3. The van der Waals surface area contributed by atoms with E-state index in [0.29, 0.717) is 23.4 Å². The Labute approximate surface area is 209 Å². The SMILES string of the molecule is COc1cc(N2CCc3nc(NC(=O)N[C@H]4CCCC[C@@H]4C(=O)NC(C)C)sc3C2)nc(OC)n1. The molecule has 4 rings (SSSR count). The van der Waals surface area contributed by atoms with Gasteiger partial charge >= 0.3 is 12.0 Å². The average Bonchev–Trinajstić information content (AvgIpc) is 3.24. The van der Waals surface area contributed by atoms with Crippen molar-refractivity contribution in [2.45, 2.75) is 64.6 Å². The molecule has 3 amide bonds. The van der Waals surface area contributed by atoms with Crippen molar-refractivity contribution in [3.63, 3.8) is 0 Å². The number of carbonyl (C=O) groups is 2. The monoisotopic (exact) mass is 503 g/mol. The van der Waals surface area contributed by atoms with E-state index in [9.17, 15) is 9.59 Å². The minimum atomic E-state index is -0.326. The largest absolute Gasteiger partial charge is 0.481 e. The molecule has 0 radical (unpaired) electrons. The fourth-order valence-corrected chi connectivity index (χ4v) is 5.52. The van der Waals surface area contributed by atoms with Crippen LogP contribution in [0.1, 0.15) is 50.1 Å². The molecule has 1 aliphatic heterocycles. The zero-order valence-corrected chi connectivity index (χ0v) is 21.4. The molecule has 0 saturated heterocycles. The van der Waals surface area contributed by atoms with Gasteiger partial charge in [-0.05, 0) is 26.7 Å². The van der Waals surface area contributed by atoms with Crippen molar-refractivity contribution in [2.24, 2.45) is 5.92 Å². The van der Waals surface area contributed by atoms with Crippen LogP contribution in [0.25, 0.3) is 0 Å². The van der Waals surface area contributed by atoms with Gasteiger partial charge in [0.25, 0.3) is 0 Å². The second-order valence-electron chi connectivity index (χ2n) is 9.07. The van der Waals surface area contributed by atoms with Crippen LogP contribution in [0.2, 0.25) is 0 Å². The maximum Gasteiger partial charge on any atom is 0.321 e. The first kappa shape index (κ1) is 25.0. The summed E-state index contributed by atoms with van der Waals surface area (Å²) in [5.74, 6) is 0.941. The van der Waals surface area contributed by atoms with Crippen molar-refractivity contribution in [1.82, 2.24) is 25.6 Å². The van der Waals surface area contributed by atoms with E-state index < -0.39 is 0 Å². The molecular weight excluding hydrogens is 470 g/mol. The van der Waals surface area contributed by atoms with E-state index in [1.807, 2.05) is 13.8 Å². The summed E-state index contributed by atoms with van der Waals surface area (Å²) in [5.41, 5.74) is 0.974. The summed E-state index contributed by atoms with van der Waals surface area (Å²) in [7, 11) is 3.07. The number of rotatable bonds is 7. The predicted molar refractivity (Wildman–Crippen MR) is 133 cm³/mol. The normalized spacial score (nSPS) is 19.6. The van der Waals surface area contributed by atoms with E-state index >= 15 is 0 Å². The molecule has 3 N–H and O–H groups in total. The molecule has 0 spiro atoms. The van der Waals surface area contributed by atoms with Crippen molar-refractivity contribution in [3.05, 3.63) is 16.6 Å². The first-order valence-electron chi connectivity index (χ1n) is 11.9. The third kappa shape index (κ3) is 6.11. The highest BCUT2D eigenvalue weighted by Crippen LogP contribution is 2.32. The summed E-state index contributed by atoms with van der Waals surface area (Å²) in [6.07, 6.45) is 4.29. The van der Waals surface area contributed by atoms with Gasteiger partial charge in [-0.2, -0.15) is 9.97 Å². The van der Waals surface area contributed by atoms with Crippen LogP contribution in [0, 0.1) is 5.92 Å². The number of ether oxygens (including phenoxy) is 2. The molecule has 3 heterocycles. The lowest BCUT2D eigenvalue weighted by Crippen LogP contribution is -2.50. The van der Waals surface area contributed by atoms with Gasteiger partial charge in [-0.15, -0.1) is 0 Å². The van der Waals surface area contributed by atoms with Crippen LogP contribution in [0.3, 0.4) is 0 Å². The smallest absolute Gasteiger partial charge is 0.321 e. The van der Waals surface area contributed by atoms with Crippen LogP contribution in [0.4, 0.5) is 15.7 Å². The number of urea groups is 1. The van der Waals surface area contributed by atoms with E-state index in [2.05, 4.69) is 35.8 Å². The van der Waals surface area contributed by atoms with Gasteiger partial charge in [-0.3, -0.25) is 10.1 Å². The molecule has 2 aromatic heterocycles. The zero-order chi connectivity index (χ0) is 24.9. The number of hydrogen-bond acceptors (Lipinski definition) is 9. The molecule has 1 fully saturated rings. The van der Waals surface area contributed by atoms with E-state index in [0.717, 1.165) is 49.2 Å².